The Kier molecular flexibility index (Phi) is 3.16. The fourth-order valence-electron chi connectivity index (χ4n) is 1.07. The molecule has 1 fully saturated rings. The lowest BCUT2D eigenvalue weighted by Gasteiger charge is -2.21. The number of carboxylic acids is 1. The first kappa shape index (κ1) is 10.3. The Hall–Kier alpha value is -0.750. The maximum atomic E-state index is 11.4. The lowest BCUT2D eigenvalue weighted by atomic mass is 10.3. The molecular formula is C7H12N2O3S. The highest BCUT2D eigenvalue weighted by Gasteiger charge is 2.36. The number of carboxylic acid groups (broad SMARTS) is 1. The van der Waals surface area contributed by atoms with Crippen LogP contribution in [0.15, 0.2) is 0 Å². The van der Waals surface area contributed by atoms with Crippen molar-refractivity contribution in [1.82, 2.24) is 10.6 Å². The Balaban J connectivity index is 2.42. The molecule has 0 saturated carbocycles. The summed E-state index contributed by atoms with van der Waals surface area (Å²) in [6.45, 7) is 2.21. The van der Waals surface area contributed by atoms with Crippen molar-refractivity contribution in [3.8, 4) is 0 Å². The summed E-state index contributed by atoms with van der Waals surface area (Å²) in [5.74, 6) is -0.422. The molecule has 1 saturated heterocycles. The van der Waals surface area contributed by atoms with Crippen LogP contribution in [-0.2, 0) is 9.59 Å². The number of hydrogen-bond donors (Lipinski definition) is 3. The van der Waals surface area contributed by atoms with E-state index in [4.69, 9.17) is 5.11 Å². The van der Waals surface area contributed by atoms with Gasteiger partial charge in [-0.15, -0.1) is 11.8 Å². The summed E-state index contributed by atoms with van der Waals surface area (Å²) >= 11 is 1.49. The third-order valence-electron chi connectivity index (χ3n) is 1.79. The van der Waals surface area contributed by atoms with Crippen LogP contribution in [0.5, 0.6) is 0 Å². The van der Waals surface area contributed by atoms with Crippen LogP contribution in [-0.4, -0.2) is 40.7 Å². The van der Waals surface area contributed by atoms with Gasteiger partial charge < -0.3 is 10.4 Å². The van der Waals surface area contributed by atoms with Crippen molar-refractivity contribution in [2.45, 2.75) is 11.8 Å². The van der Waals surface area contributed by atoms with E-state index in [0.717, 1.165) is 12.3 Å². The zero-order chi connectivity index (χ0) is 9.90. The third-order valence-corrected chi connectivity index (χ3v) is 3.10. The molecule has 1 amide bonds. The number of carbonyl (C=O) groups excluding carboxylic acids is 1. The van der Waals surface area contributed by atoms with Crippen molar-refractivity contribution in [2.24, 2.45) is 0 Å². The molecule has 1 unspecified atom stereocenters. The van der Waals surface area contributed by atoms with E-state index in [2.05, 4.69) is 10.6 Å². The van der Waals surface area contributed by atoms with Crippen LogP contribution in [0.25, 0.3) is 0 Å². The second-order valence-corrected chi connectivity index (χ2v) is 4.40. The number of nitrogens with one attached hydrogen (secondary N) is 2. The van der Waals surface area contributed by atoms with Crippen LogP contribution >= 0.6 is 11.8 Å². The molecule has 6 heteroatoms. The average molecular weight is 204 g/mol. The van der Waals surface area contributed by atoms with Crippen LogP contribution in [0.3, 0.4) is 0 Å². The summed E-state index contributed by atoms with van der Waals surface area (Å²) in [5, 5.41) is 13.7. The van der Waals surface area contributed by atoms with Crippen molar-refractivity contribution in [3.05, 3.63) is 0 Å². The van der Waals surface area contributed by atoms with Crippen molar-refractivity contribution >= 4 is 23.6 Å². The van der Waals surface area contributed by atoms with Gasteiger partial charge in [-0.05, 0) is 6.92 Å². The van der Waals surface area contributed by atoms with E-state index in [1.54, 1.807) is 6.92 Å². The molecule has 0 spiro atoms. The maximum Gasteiger partial charge on any atom is 0.322 e. The van der Waals surface area contributed by atoms with E-state index >= 15 is 0 Å². The molecule has 5 nitrogen and oxygen atoms in total. The normalized spacial score (nSPS) is 27.2. The van der Waals surface area contributed by atoms with Crippen molar-refractivity contribution in [3.63, 3.8) is 0 Å². The highest BCUT2D eigenvalue weighted by atomic mass is 32.2. The van der Waals surface area contributed by atoms with Crippen LogP contribution in [0.2, 0.25) is 0 Å². The summed E-state index contributed by atoms with van der Waals surface area (Å²) in [5.41, 5.74) is 0. The van der Waals surface area contributed by atoms with Gasteiger partial charge in [0.1, 0.15) is 11.4 Å². The number of thioether (sulfide) groups is 1. The van der Waals surface area contributed by atoms with E-state index in [1.807, 2.05) is 0 Å². The highest BCUT2D eigenvalue weighted by molar-refractivity contribution is 8.01. The van der Waals surface area contributed by atoms with E-state index in [9.17, 15) is 9.59 Å². The summed E-state index contributed by atoms with van der Waals surface area (Å²) in [6.07, 6.45) is 0. The SMILES string of the molecule is CC1(C(=O)NCC(=O)O)NCCS1. The monoisotopic (exact) mass is 204 g/mol. The fraction of sp³-hybridized carbons (Fsp3) is 0.714. The predicted octanol–water partition coefficient (Wildman–Crippen LogP) is -0.760. The van der Waals surface area contributed by atoms with E-state index in [0.29, 0.717) is 0 Å². The van der Waals surface area contributed by atoms with Gasteiger partial charge >= 0.3 is 5.97 Å². The Bertz CT molecular complexity index is 226. The molecule has 1 aliphatic rings. The first-order valence-electron chi connectivity index (χ1n) is 3.94. The Morgan fingerprint density at radius 1 is 1.69 bits per heavy atom. The van der Waals surface area contributed by atoms with Crippen LogP contribution in [0, 0.1) is 0 Å². The first-order valence-corrected chi connectivity index (χ1v) is 4.92. The van der Waals surface area contributed by atoms with E-state index in [-0.39, 0.29) is 12.5 Å². The summed E-state index contributed by atoms with van der Waals surface area (Å²) in [6, 6.07) is 0. The zero-order valence-corrected chi connectivity index (χ0v) is 8.11. The van der Waals surface area contributed by atoms with Gasteiger partial charge in [0.15, 0.2) is 0 Å². The molecule has 1 atom stereocenters. The maximum absolute atomic E-state index is 11.4. The van der Waals surface area contributed by atoms with Gasteiger partial charge in [0.2, 0.25) is 0 Å². The average Bonchev–Trinajstić information content (AvgIpc) is 2.49. The quantitative estimate of drug-likeness (QED) is 0.563. The standard InChI is InChI=1S/C7H12N2O3S/c1-7(9-2-3-13-7)6(12)8-4-5(10)11/h9H,2-4H2,1H3,(H,8,12)(H,10,11). The summed E-state index contributed by atoms with van der Waals surface area (Å²) in [4.78, 5) is 20.9. The molecule has 74 valence electrons. The number of aliphatic carboxylic acids is 1. The topological polar surface area (TPSA) is 78.4 Å². The Morgan fingerprint density at radius 2 is 2.38 bits per heavy atom. The first-order chi connectivity index (χ1) is 6.04. The molecule has 0 radical (unpaired) electrons. The minimum atomic E-state index is -1.03. The van der Waals surface area contributed by atoms with Gasteiger partial charge in [0.25, 0.3) is 5.91 Å². The predicted molar refractivity (Wildman–Crippen MR) is 49.5 cm³/mol. The van der Waals surface area contributed by atoms with Gasteiger partial charge in [0.05, 0.1) is 0 Å². The molecule has 0 aromatic heterocycles. The third kappa shape index (κ3) is 2.60. The summed E-state index contributed by atoms with van der Waals surface area (Å²) < 4.78 is 0. The molecule has 1 heterocycles. The van der Waals surface area contributed by atoms with Gasteiger partial charge in [-0.25, -0.2) is 0 Å². The molecule has 1 aliphatic heterocycles. The molecule has 0 aromatic rings. The smallest absolute Gasteiger partial charge is 0.322 e. The molecule has 0 aromatic carbocycles. The van der Waals surface area contributed by atoms with E-state index in [1.165, 1.54) is 11.8 Å². The molecule has 1 rings (SSSR count). The minimum Gasteiger partial charge on any atom is -0.480 e. The lowest BCUT2D eigenvalue weighted by Crippen LogP contribution is -2.50. The van der Waals surface area contributed by atoms with Crippen molar-refractivity contribution in [1.29, 1.82) is 0 Å². The Labute approximate surface area is 80.3 Å². The van der Waals surface area contributed by atoms with Gasteiger partial charge in [-0.1, -0.05) is 0 Å². The molecule has 3 N–H and O–H groups in total. The van der Waals surface area contributed by atoms with Crippen LogP contribution in [0.1, 0.15) is 6.92 Å². The van der Waals surface area contributed by atoms with Crippen LogP contribution in [0.4, 0.5) is 0 Å². The zero-order valence-electron chi connectivity index (χ0n) is 7.29. The minimum absolute atomic E-state index is 0.266. The number of hydrogen-bond acceptors (Lipinski definition) is 4. The van der Waals surface area contributed by atoms with Gasteiger partial charge in [0, 0.05) is 12.3 Å². The highest BCUT2D eigenvalue weighted by Crippen LogP contribution is 2.26. The molecular weight excluding hydrogens is 192 g/mol. The number of carbonyl (C=O) groups is 2. The van der Waals surface area contributed by atoms with Crippen molar-refractivity contribution < 1.29 is 14.7 Å². The summed E-state index contributed by atoms with van der Waals surface area (Å²) in [7, 11) is 0. The lowest BCUT2D eigenvalue weighted by molar-refractivity contribution is -0.138. The number of amides is 1. The van der Waals surface area contributed by atoms with Gasteiger partial charge in [-0.3, -0.25) is 14.9 Å². The molecule has 0 aliphatic carbocycles. The second kappa shape index (κ2) is 3.97. The Morgan fingerprint density at radius 3 is 2.85 bits per heavy atom. The van der Waals surface area contributed by atoms with Crippen molar-refractivity contribution in [2.75, 3.05) is 18.8 Å². The largest absolute Gasteiger partial charge is 0.480 e. The number of rotatable bonds is 3. The molecule has 13 heavy (non-hydrogen) atoms. The van der Waals surface area contributed by atoms with E-state index < -0.39 is 10.8 Å². The van der Waals surface area contributed by atoms with Gasteiger partial charge in [-0.2, -0.15) is 0 Å². The fourth-order valence-corrected chi connectivity index (χ4v) is 2.09. The molecule has 0 bridgehead atoms. The van der Waals surface area contributed by atoms with Crippen LogP contribution < -0.4 is 10.6 Å². The second-order valence-electron chi connectivity index (χ2n) is 2.88.